The summed E-state index contributed by atoms with van der Waals surface area (Å²) >= 11 is 5.50. The topological polar surface area (TPSA) is 39.2 Å². The first-order valence-corrected chi connectivity index (χ1v) is 5.00. The number of nitrogens with zero attached hydrogens (tertiary/aromatic N) is 1. The van der Waals surface area contributed by atoms with Gasteiger partial charge >= 0.3 is 5.97 Å². The van der Waals surface area contributed by atoms with Crippen LogP contribution in [0, 0.1) is 0 Å². The van der Waals surface area contributed by atoms with Gasteiger partial charge in [0.25, 0.3) is 6.43 Å². The molecule has 1 heterocycles. The summed E-state index contributed by atoms with van der Waals surface area (Å²) in [6.07, 6.45) is -1.50. The fraction of sp³-hybridized carbons (Fsp3) is 0.400. The van der Waals surface area contributed by atoms with Gasteiger partial charge in [0.05, 0.1) is 19.2 Å². The van der Waals surface area contributed by atoms with Crippen molar-refractivity contribution < 1.29 is 18.3 Å². The molecular weight excluding hydrogens is 240 g/mol. The molecule has 3 nitrogen and oxygen atoms in total. The van der Waals surface area contributed by atoms with Gasteiger partial charge in [-0.3, -0.25) is 9.78 Å². The van der Waals surface area contributed by atoms with E-state index in [1.807, 2.05) is 0 Å². The fourth-order valence-corrected chi connectivity index (χ4v) is 1.40. The minimum absolute atomic E-state index is 0.0365. The Bertz CT molecular complexity index is 385. The van der Waals surface area contributed by atoms with E-state index in [0.717, 1.165) is 0 Å². The smallest absolute Gasteiger partial charge is 0.311 e. The lowest BCUT2D eigenvalue weighted by Gasteiger charge is -2.07. The first-order chi connectivity index (χ1) is 7.58. The number of pyridine rings is 1. The average Bonchev–Trinajstić information content (AvgIpc) is 2.28. The van der Waals surface area contributed by atoms with Crippen molar-refractivity contribution in [1.82, 2.24) is 4.98 Å². The normalized spacial score (nSPS) is 10.6. The molecule has 0 aromatic carbocycles. The van der Waals surface area contributed by atoms with E-state index in [2.05, 4.69) is 9.72 Å². The van der Waals surface area contributed by atoms with E-state index >= 15 is 0 Å². The van der Waals surface area contributed by atoms with E-state index in [4.69, 9.17) is 11.6 Å². The van der Waals surface area contributed by atoms with Crippen molar-refractivity contribution >= 4 is 17.6 Å². The number of ether oxygens (including phenoxy) is 1. The third-order valence-corrected chi connectivity index (χ3v) is 2.30. The van der Waals surface area contributed by atoms with E-state index in [1.165, 1.54) is 19.4 Å². The highest BCUT2D eigenvalue weighted by Gasteiger charge is 2.15. The van der Waals surface area contributed by atoms with Gasteiger partial charge in [-0.05, 0) is 11.6 Å². The Morgan fingerprint density at radius 3 is 2.81 bits per heavy atom. The van der Waals surface area contributed by atoms with Gasteiger partial charge < -0.3 is 4.74 Å². The summed E-state index contributed by atoms with van der Waals surface area (Å²) in [5.74, 6) is -0.558. The van der Waals surface area contributed by atoms with E-state index in [-0.39, 0.29) is 29.1 Å². The first-order valence-electron chi connectivity index (χ1n) is 4.47. The Balaban J connectivity index is 2.97. The Labute approximate surface area is 96.4 Å². The van der Waals surface area contributed by atoms with Gasteiger partial charge in [0.1, 0.15) is 0 Å². The van der Waals surface area contributed by atoms with Crippen molar-refractivity contribution in [3.63, 3.8) is 0 Å². The number of aromatic nitrogens is 1. The Hall–Kier alpha value is -1.23. The predicted molar refractivity (Wildman–Crippen MR) is 54.5 cm³/mol. The summed E-state index contributed by atoms with van der Waals surface area (Å²) < 4.78 is 29.6. The van der Waals surface area contributed by atoms with Crippen LogP contribution in [-0.2, 0) is 21.8 Å². The first kappa shape index (κ1) is 12.8. The molecule has 0 saturated heterocycles. The SMILES string of the molecule is COC(=O)Cc1cc(C(F)F)c(CCl)cn1. The highest BCUT2D eigenvalue weighted by molar-refractivity contribution is 6.17. The number of alkyl halides is 3. The molecular formula is C10H10ClF2NO2. The van der Waals surface area contributed by atoms with Crippen LogP contribution in [0.3, 0.4) is 0 Å². The van der Waals surface area contributed by atoms with Crippen LogP contribution in [0.1, 0.15) is 23.2 Å². The van der Waals surface area contributed by atoms with Crippen molar-refractivity contribution in [2.75, 3.05) is 7.11 Å². The molecule has 0 aliphatic heterocycles. The number of carbonyl (C=O) groups excluding carboxylic acids is 1. The molecule has 1 aromatic heterocycles. The highest BCUT2D eigenvalue weighted by Crippen LogP contribution is 2.24. The van der Waals surface area contributed by atoms with Crippen molar-refractivity contribution in [1.29, 1.82) is 0 Å². The molecule has 0 atom stereocenters. The van der Waals surface area contributed by atoms with Crippen molar-refractivity contribution in [3.8, 4) is 0 Å². The molecule has 0 spiro atoms. The van der Waals surface area contributed by atoms with Crippen LogP contribution in [0.5, 0.6) is 0 Å². The molecule has 6 heteroatoms. The zero-order valence-electron chi connectivity index (χ0n) is 8.54. The van der Waals surface area contributed by atoms with Crippen LogP contribution < -0.4 is 0 Å². The van der Waals surface area contributed by atoms with Crippen LogP contribution in [0.4, 0.5) is 8.78 Å². The lowest BCUT2D eigenvalue weighted by Crippen LogP contribution is -2.07. The van der Waals surface area contributed by atoms with Crippen LogP contribution in [0.2, 0.25) is 0 Å². The average molecular weight is 250 g/mol. The second-order valence-electron chi connectivity index (χ2n) is 3.06. The summed E-state index contributed by atoms with van der Waals surface area (Å²) in [7, 11) is 1.23. The third kappa shape index (κ3) is 3.13. The molecule has 1 rings (SSSR count). The Morgan fingerprint density at radius 2 is 2.31 bits per heavy atom. The highest BCUT2D eigenvalue weighted by atomic mass is 35.5. The van der Waals surface area contributed by atoms with E-state index in [1.54, 1.807) is 0 Å². The molecule has 0 unspecified atom stereocenters. The second-order valence-corrected chi connectivity index (χ2v) is 3.33. The maximum atomic E-state index is 12.6. The molecule has 0 saturated carbocycles. The second kappa shape index (κ2) is 5.75. The zero-order chi connectivity index (χ0) is 12.1. The van der Waals surface area contributed by atoms with E-state index < -0.39 is 12.4 Å². The predicted octanol–water partition coefficient (Wildman–Crippen LogP) is 2.47. The maximum absolute atomic E-state index is 12.6. The molecule has 0 aliphatic rings. The summed E-state index contributed by atoms with van der Waals surface area (Å²) in [6.45, 7) is 0. The Morgan fingerprint density at radius 1 is 1.62 bits per heavy atom. The van der Waals surface area contributed by atoms with Crippen molar-refractivity contribution in [3.05, 3.63) is 29.1 Å². The molecule has 0 fully saturated rings. The molecule has 88 valence electrons. The van der Waals surface area contributed by atoms with Gasteiger partial charge in [0, 0.05) is 17.6 Å². The Kier molecular flexibility index (Phi) is 4.61. The quantitative estimate of drug-likeness (QED) is 0.608. The molecule has 16 heavy (non-hydrogen) atoms. The number of rotatable bonds is 4. The molecule has 0 radical (unpaired) electrons. The standard InChI is InChI=1S/C10H10ClF2NO2/c1-16-9(15)3-7-2-8(10(12)13)6(4-11)5-14-7/h2,5,10H,3-4H2,1H3. The minimum Gasteiger partial charge on any atom is -0.469 e. The van der Waals surface area contributed by atoms with Crippen LogP contribution in [0.25, 0.3) is 0 Å². The fourth-order valence-electron chi connectivity index (χ4n) is 1.18. The number of hydrogen-bond donors (Lipinski definition) is 0. The van der Waals surface area contributed by atoms with Gasteiger partial charge in [-0.15, -0.1) is 11.6 Å². The number of methoxy groups -OCH3 is 1. The molecule has 0 aliphatic carbocycles. The zero-order valence-corrected chi connectivity index (χ0v) is 9.30. The van der Waals surface area contributed by atoms with E-state index in [0.29, 0.717) is 0 Å². The minimum atomic E-state index is -2.63. The van der Waals surface area contributed by atoms with Crippen molar-refractivity contribution in [2.24, 2.45) is 0 Å². The van der Waals surface area contributed by atoms with E-state index in [9.17, 15) is 13.6 Å². The largest absolute Gasteiger partial charge is 0.469 e. The molecule has 1 aromatic rings. The lowest BCUT2D eigenvalue weighted by molar-refractivity contribution is -0.139. The lowest BCUT2D eigenvalue weighted by atomic mass is 10.1. The third-order valence-electron chi connectivity index (χ3n) is 2.01. The van der Waals surface area contributed by atoms with Crippen molar-refractivity contribution in [2.45, 2.75) is 18.7 Å². The summed E-state index contributed by atoms with van der Waals surface area (Å²) in [5, 5.41) is 0. The number of carbonyl (C=O) groups is 1. The monoisotopic (exact) mass is 249 g/mol. The van der Waals surface area contributed by atoms with Gasteiger partial charge in [0.2, 0.25) is 0 Å². The summed E-state index contributed by atoms with van der Waals surface area (Å²) in [5.41, 5.74) is 0.324. The molecule has 0 amide bonds. The van der Waals surface area contributed by atoms with Crippen LogP contribution >= 0.6 is 11.6 Å². The van der Waals surface area contributed by atoms with Gasteiger partial charge in [-0.2, -0.15) is 0 Å². The number of hydrogen-bond acceptors (Lipinski definition) is 3. The number of halogens is 3. The molecule has 0 bridgehead atoms. The molecule has 0 N–H and O–H groups in total. The van der Waals surface area contributed by atoms with Gasteiger partial charge in [-0.25, -0.2) is 8.78 Å². The number of esters is 1. The maximum Gasteiger partial charge on any atom is 0.311 e. The van der Waals surface area contributed by atoms with Gasteiger partial charge in [0.15, 0.2) is 0 Å². The van der Waals surface area contributed by atoms with Crippen LogP contribution in [-0.4, -0.2) is 18.1 Å². The summed E-state index contributed by atoms with van der Waals surface area (Å²) in [4.78, 5) is 14.8. The van der Waals surface area contributed by atoms with Gasteiger partial charge in [-0.1, -0.05) is 0 Å². The summed E-state index contributed by atoms with van der Waals surface area (Å²) in [6, 6.07) is 1.18. The van der Waals surface area contributed by atoms with Crippen LogP contribution in [0.15, 0.2) is 12.3 Å².